The molecule has 0 aliphatic carbocycles. The zero-order valence-electron chi connectivity index (χ0n) is 13.2. The monoisotopic (exact) mass is 289 g/mol. The molecule has 0 spiro atoms. The molecule has 1 N–H and O–H groups in total. The van der Waals surface area contributed by atoms with Gasteiger partial charge in [0.25, 0.3) is 0 Å². The van der Waals surface area contributed by atoms with Crippen LogP contribution in [-0.4, -0.2) is 41.5 Å². The number of amides is 1. The molecule has 1 aliphatic rings. The van der Waals surface area contributed by atoms with E-state index in [2.05, 4.69) is 29.0 Å². The molecule has 2 rings (SSSR count). The summed E-state index contributed by atoms with van der Waals surface area (Å²) in [7, 11) is 0. The van der Waals surface area contributed by atoms with Gasteiger partial charge in [0.1, 0.15) is 0 Å². The summed E-state index contributed by atoms with van der Waals surface area (Å²) in [5, 5.41) is 3.15. The van der Waals surface area contributed by atoms with Crippen molar-refractivity contribution < 1.29 is 4.79 Å². The number of hydrogen-bond donors (Lipinski definition) is 1. The maximum absolute atomic E-state index is 12.5. The lowest BCUT2D eigenvalue weighted by molar-refractivity contribution is -0.123. The lowest BCUT2D eigenvalue weighted by Crippen LogP contribution is -2.41. The van der Waals surface area contributed by atoms with Crippen LogP contribution in [0.5, 0.6) is 0 Å². The van der Waals surface area contributed by atoms with Gasteiger partial charge < -0.3 is 5.32 Å². The minimum Gasteiger partial charge on any atom is -0.354 e. The van der Waals surface area contributed by atoms with E-state index in [1.165, 1.54) is 12.8 Å². The van der Waals surface area contributed by atoms with Crippen LogP contribution in [0.4, 0.5) is 0 Å². The van der Waals surface area contributed by atoms with E-state index in [-0.39, 0.29) is 11.8 Å². The normalized spacial score (nSPS) is 20.4. The van der Waals surface area contributed by atoms with Gasteiger partial charge >= 0.3 is 0 Å². The maximum Gasteiger partial charge on any atom is 0.229 e. The topological polar surface area (TPSA) is 45.2 Å². The number of hydrogen-bond acceptors (Lipinski definition) is 3. The third-order valence-electron chi connectivity index (χ3n) is 4.36. The van der Waals surface area contributed by atoms with E-state index in [9.17, 15) is 4.79 Å². The van der Waals surface area contributed by atoms with Crippen LogP contribution in [-0.2, 0) is 4.79 Å². The molecule has 21 heavy (non-hydrogen) atoms. The van der Waals surface area contributed by atoms with Gasteiger partial charge in [0.05, 0.1) is 11.6 Å². The van der Waals surface area contributed by atoms with Gasteiger partial charge in [-0.2, -0.15) is 0 Å². The van der Waals surface area contributed by atoms with Crippen LogP contribution in [0.25, 0.3) is 0 Å². The highest BCUT2D eigenvalue weighted by molar-refractivity contribution is 5.83. The number of pyridine rings is 1. The van der Waals surface area contributed by atoms with Crippen molar-refractivity contribution in [2.45, 2.75) is 51.5 Å². The number of carbonyl (C=O) groups excluding carboxylic acids is 1. The number of carbonyl (C=O) groups is 1. The number of nitrogens with zero attached hydrogens (tertiary/aromatic N) is 2. The molecular weight excluding hydrogens is 262 g/mol. The quantitative estimate of drug-likeness (QED) is 0.839. The van der Waals surface area contributed by atoms with Gasteiger partial charge in [0, 0.05) is 18.8 Å². The van der Waals surface area contributed by atoms with Crippen molar-refractivity contribution in [3.05, 3.63) is 30.1 Å². The molecule has 0 radical (unpaired) electrons. The molecule has 1 aromatic rings. The molecule has 0 saturated carbocycles. The summed E-state index contributed by atoms with van der Waals surface area (Å²) in [5.74, 6) is 0.00572. The summed E-state index contributed by atoms with van der Waals surface area (Å²) in [6.07, 6.45) is 6.04. The number of likely N-dealkylation sites (tertiary alicyclic amines) is 1. The van der Waals surface area contributed by atoms with Crippen molar-refractivity contribution >= 4 is 5.91 Å². The molecule has 1 saturated heterocycles. The first-order valence-corrected chi connectivity index (χ1v) is 8.19. The molecule has 1 aliphatic heterocycles. The van der Waals surface area contributed by atoms with Crippen molar-refractivity contribution in [1.29, 1.82) is 0 Å². The lowest BCUT2D eigenvalue weighted by Gasteiger charge is -2.24. The van der Waals surface area contributed by atoms with Crippen molar-refractivity contribution in [1.82, 2.24) is 15.2 Å². The number of nitrogens with one attached hydrogen (secondary N) is 1. The highest BCUT2D eigenvalue weighted by Gasteiger charge is 2.25. The minimum absolute atomic E-state index is 0.118. The zero-order valence-corrected chi connectivity index (χ0v) is 13.2. The van der Waals surface area contributed by atoms with Crippen molar-refractivity contribution in [3.63, 3.8) is 0 Å². The molecule has 4 nitrogen and oxygen atoms in total. The van der Waals surface area contributed by atoms with Crippen LogP contribution in [0.1, 0.15) is 51.1 Å². The van der Waals surface area contributed by atoms with Gasteiger partial charge in [0.2, 0.25) is 5.91 Å². The average molecular weight is 289 g/mol. The molecule has 1 fully saturated rings. The first kappa shape index (κ1) is 16.0. The molecular formula is C17H27N3O. The van der Waals surface area contributed by atoms with Crippen LogP contribution < -0.4 is 5.32 Å². The largest absolute Gasteiger partial charge is 0.354 e. The summed E-state index contributed by atoms with van der Waals surface area (Å²) in [5.41, 5.74) is 0.885. The summed E-state index contributed by atoms with van der Waals surface area (Å²) in [6, 6.07) is 6.30. The van der Waals surface area contributed by atoms with Crippen molar-refractivity contribution in [3.8, 4) is 0 Å². The van der Waals surface area contributed by atoms with E-state index in [0.717, 1.165) is 38.2 Å². The standard InChI is InChI=1S/C17H27N3O/c1-3-8-15(16-10-5-6-11-18-16)17(21)19-13-14-9-7-12-20(14)4-2/h5-6,10-11,14-15H,3-4,7-9,12-13H2,1-2H3,(H,19,21)/t14-,15+/m1/s1. The van der Waals surface area contributed by atoms with Gasteiger partial charge in [-0.25, -0.2) is 0 Å². The Kier molecular flexibility index (Phi) is 6.18. The first-order valence-electron chi connectivity index (χ1n) is 8.19. The van der Waals surface area contributed by atoms with Crippen LogP contribution >= 0.6 is 0 Å². The fourth-order valence-electron chi connectivity index (χ4n) is 3.17. The number of rotatable bonds is 7. The van der Waals surface area contributed by atoms with Gasteiger partial charge in [-0.15, -0.1) is 0 Å². The Hall–Kier alpha value is -1.42. The van der Waals surface area contributed by atoms with Crippen molar-refractivity contribution in [2.24, 2.45) is 0 Å². The van der Waals surface area contributed by atoms with E-state index in [1.54, 1.807) is 6.20 Å². The highest BCUT2D eigenvalue weighted by Crippen LogP contribution is 2.20. The highest BCUT2D eigenvalue weighted by atomic mass is 16.1. The Morgan fingerprint density at radius 1 is 1.48 bits per heavy atom. The second-order valence-corrected chi connectivity index (χ2v) is 5.77. The molecule has 1 aromatic heterocycles. The Balaban J connectivity index is 1.93. The van der Waals surface area contributed by atoms with Crippen LogP contribution in [0.15, 0.2) is 24.4 Å². The van der Waals surface area contributed by atoms with E-state index in [1.807, 2.05) is 18.2 Å². The van der Waals surface area contributed by atoms with Crippen LogP contribution in [0, 0.1) is 0 Å². The minimum atomic E-state index is -0.118. The lowest BCUT2D eigenvalue weighted by atomic mass is 9.98. The van der Waals surface area contributed by atoms with Crippen LogP contribution in [0.3, 0.4) is 0 Å². The number of likely N-dealkylation sites (N-methyl/N-ethyl adjacent to an activating group) is 1. The van der Waals surface area contributed by atoms with Gasteiger partial charge in [0.15, 0.2) is 0 Å². The Morgan fingerprint density at radius 3 is 3.00 bits per heavy atom. The van der Waals surface area contributed by atoms with Crippen LogP contribution in [0.2, 0.25) is 0 Å². The van der Waals surface area contributed by atoms with Crippen molar-refractivity contribution in [2.75, 3.05) is 19.6 Å². The summed E-state index contributed by atoms with van der Waals surface area (Å²) >= 11 is 0. The second-order valence-electron chi connectivity index (χ2n) is 5.77. The molecule has 2 atom stereocenters. The summed E-state index contributed by atoms with van der Waals surface area (Å²) in [6.45, 7) is 7.29. The molecule has 0 unspecified atom stereocenters. The van der Waals surface area contributed by atoms with E-state index >= 15 is 0 Å². The predicted molar refractivity (Wildman–Crippen MR) is 85.2 cm³/mol. The Labute approximate surface area is 127 Å². The fraction of sp³-hybridized carbons (Fsp3) is 0.647. The Morgan fingerprint density at radius 2 is 2.33 bits per heavy atom. The predicted octanol–water partition coefficient (Wildman–Crippen LogP) is 2.57. The zero-order chi connectivity index (χ0) is 15.1. The molecule has 2 heterocycles. The SMILES string of the molecule is CCC[C@H](C(=O)NC[C@H]1CCCN1CC)c1ccccn1. The summed E-state index contributed by atoms with van der Waals surface area (Å²) < 4.78 is 0. The van der Waals surface area contributed by atoms with E-state index in [4.69, 9.17) is 0 Å². The third kappa shape index (κ3) is 4.27. The molecule has 0 bridgehead atoms. The molecule has 0 aromatic carbocycles. The molecule has 1 amide bonds. The molecule has 116 valence electrons. The maximum atomic E-state index is 12.5. The fourth-order valence-corrected chi connectivity index (χ4v) is 3.17. The summed E-state index contributed by atoms with van der Waals surface area (Å²) in [4.78, 5) is 19.3. The van der Waals surface area contributed by atoms with E-state index in [0.29, 0.717) is 6.04 Å². The van der Waals surface area contributed by atoms with Gasteiger partial charge in [-0.05, 0) is 44.5 Å². The first-order chi connectivity index (χ1) is 10.3. The van der Waals surface area contributed by atoms with E-state index < -0.39 is 0 Å². The molecule has 4 heteroatoms. The second kappa shape index (κ2) is 8.13. The van der Waals surface area contributed by atoms with Gasteiger partial charge in [-0.3, -0.25) is 14.7 Å². The van der Waals surface area contributed by atoms with Gasteiger partial charge in [-0.1, -0.05) is 26.3 Å². The average Bonchev–Trinajstić information content (AvgIpc) is 2.98. The smallest absolute Gasteiger partial charge is 0.229 e. The third-order valence-corrected chi connectivity index (χ3v) is 4.36. The number of aromatic nitrogens is 1. The Bertz CT molecular complexity index is 435.